The molecule has 1 aromatic carbocycles. The highest BCUT2D eigenvalue weighted by atomic mass is 16.5. The number of nitrogens with two attached hydrogens (primary N) is 2. The number of benzene rings is 1. The number of aliphatic hydroxyl groups is 1. The van der Waals surface area contributed by atoms with Crippen molar-refractivity contribution in [3.63, 3.8) is 0 Å². The number of imide groups is 1. The van der Waals surface area contributed by atoms with Gasteiger partial charge in [0.05, 0.1) is 5.41 Å². The number of ether oxygens (including phenoxy) is 1. The van der Waals surface area contributed by atoms with Crippen LogP contribution in [0.5, 0.6) is 0 Å². The average Bonchev–Trinajstić information content (AvgIpc) is 3.36. The van der Waals surface area contributed by atoms with Crippen LogP contribution in [0.1, 0.15) is 84.1 Å². The van der Waals surface area contributed by atoms with Crippen molar-refractivity contribution in [2.45, 2.75) is 104 Å². The van der Waals surface area contributed by atoms with Crippen LogP contribution in [0.2, 0.25) is 0 Å². The molecule has 49 heavy (non-hydrogen) atoms. The number of nitrogens with one attached hydrogen (secondary N) is 4. The van der Waals surface area contributed by atoms with E-state index < -0.39 is 35.7 Å². The Morgan fingerprint density at radius 3 is 2.10 bits per heavy atom. The molecule has 0 saturated heterocycles. The minimum atomic E-state index is -1.23. The van der Waals surface area contributed by atoms with Crippen LogP contribution in [0.15, 0.2) is 36.4 Å². The zero-order valence-corrected chi connectivity index (χ0v) is 28.8. The standard InChI is InChI=1S/C34H53N7O8/c1-34(2,3)32(47)49-22-23-13-15-24(16-14-23)38-30(45)26(11-9-20-37-33(36)48)40-31(46)25(10-6-7-19-35)39-27(42)12-5-4-8-21-41-28(43)17-18-29(41)44/h13-18,25-26,33,37,48H,4-12,19-22,35-36H2,1-3H3,(H,38,45)(H,39,42)(H,40,46)/t25-,26-,33?/m0/s1. The zero-order valence-electron chi connectivity index (χ0n) is 28.8. The summed E-state index contributed by atoms with van der Waals surface area (Å²) in [5, 5.41) is 20.3. The summed E-state index contributed by atoms with van der Waals surface area (Å²) in [5.41, 5.74) is 11.6. The molecule has 1 heterocycles. The molecule has 0 radical (unpaired) electrons. The van der Waals surface area contributed by atoms with Gasteiger partial charge in [0.25, 0.3) is 11.8 Å². The van der Waals surface area contributed by atoms with Gasteiger partial charge in [0.15, 0.2) is 6.35 Å². The maximum atomic E-state index is 13.5. The van der Waals surface area contributed by atoms with Gasteiger partial charge >= 0.3 is 5.97 Å². The minimum Gasteiger partial charge on any atom is -0.460 e. The largest absolute Gasteiger partial charge is 0.460 e. The molecule has 0 aromatic heterocycles. The van der Waals surface area contributed by atoms with Gasteiger partial charge in [-0.15, -0.1) is 0 Å². The Morgan fingerprint density at radius 1 is 0.857 bits per heavy atom. The van der Waals surface area contributed by atoms with E-state index in [4.69, 9.17) is 16.2 Å². The quantitative estimate of drug-likeness (QED) is 0.0391. The molecule has 0 aliphatic carbocycles. The molecule has 1 aliphatic rings. The Balaban J connectivity index is 2.00. The van der Waals surface area contributed by atoms with Crippen LogP contribution < -0.4 is 32.7 Å². The molecule has 1 aliphatic heterocycles. The summed E-state index contributed by atoms with van der Waals surface area (Å²) in [5.74, 6) is -2.36. The summed E-state index contributed by atoms with van der Waals surface area (Å²) in [7, 11) is 0. The van der Waals surface area contributed by atoms with Gasteiger partial charge in [-0.25, -0.2) is 0 Å². The predicted molar refractivity (Wildman–Crippen MR) is 183 cm³/mol. The number of carbonyl (C=O) groups is 6. The molecule has 5 amide bonds. The van der Waals surface area contributed by atoms with Crippen molar-refractivity contribution in [3.8, 4) is 0 Å². The van der Waals surface area contributed by atoms with Crippen LogP contribution in [0, 0.1) is 5.41 Å². The summed E-state index contributed by atoms with van der Waals surface area (Å²) in [6, 6.07) is 4.89. The van der Waals surface area contributed by atoms with Crippen LogP contribution in [-0.2, 0) is 40.1 Å². The first-order valence-electron chi connectivity index (χ1n) is 16.8. The molecule has 2 rings (SSSR count). The van der Waals surface area contributed by atoms with E-state index in [1.54, 1.807) is 45.0 Å². The number of hydrogen-bond acceptors (Lipinski definition) is 11. The Hall–Kier alpha value is -4.18. The third kappa shape index (κ3) is 15.7. The van der Waals surface area contributed by atoms with E-state index in [2.05, 4.69) is 21.3 Å². The molecule has 272 valence electrons. The highest BCUT2D eigenvalue weighted by Crippen LogP contribution is 2.18. The maximum Gasteiger partial charge on any atom is 0.311 e. The van der Waals surface area contributed by atoms with Gasteiger partial charge in [0.2, 0.25) is 17.7 Å². The van der Waals surface area contributed by atoms with Gasteiger partial charge in [0.1, 0.15) is 18.7 Å². The second-order valence-electron chi connectivity index (χ2n) is 13.0. The van der Waals surface area contributed by atoms with Gasteiger partial charge in [-0.05, 0) is 96.5 Å². The Kier molecular flexibility index (Phi) is 17.6. The van der Waals surface area contributed by atoms with Crippen molar-refractivity contribution in [2.75, 3.05) is 25.0 Å². The van der Waals surface area contributed by atoms with E-state index in [1.807, 2.05) is 0 Å². The normalized spacial score (nSPS) is 14.7. The highest BCUT2D eigenvalue weighted by molar-refractivity contribution is 6.12. The fourth-order valence-electron chi connectivity index (χ4n) is 4.79. The number of hydrogen-bond donors (Lipinski definition) is 7. The molecule has 9 N–H and O–H groups in total. The number of anilines is 1. The lowest BCUT2D eigenvalue weighted by atomic mass is 9.97. The van der Waals surface area contributed by atoms with Crippen molar-refractivity contribution in [1.82, 2.24) is 20.9 Å². The van der Waals surface area contributed by atoms with Crippen molar-refractivity contribution in [3.05, 3.63) is 42.0 Å². The van der Waals surface area contributed by atoms with Crippen molar-refractivity contribution in [1.29, 1.82) is 0 Å². The van der Waals surface area contributed by atoms with E-state index in [0.717, 1.165) is 10.5 Å². The van der Waals surface area contributed by atoms with E-state index in [9.17, 15) is 33.9 Å². The van der Waals surface area contributed by atoms with E-state index in [1.165, 1.54) is 12.2 Å². The first-order valence-corrected chi connectivity index (χ1v) is 16.8. The molecule has 0 bridgehead atoms. The summed E-state index contributed by atoms with van der Waals surface area (Å²) in [6.45, 7) is 6.36. The first kappa shape index (κ1) is 41.0. The Labute approximate surface area is 287 Å². The smallest absolute Gasteiger partial charge is 0.311 e. The monoisotopic (exact) mass is 687 g/mol. The first-order chi connectivity index (χ1) is 23.2. The SMILES string of the molecule is CC(C)(C)C(=O)OCc1ccc(NC(=O)[C@H](CCCNC(N)O)NC(=O)[C@H](CCCCN)NC(=O)CCCCCN2C(=O)C=CC2=O)cc1. The number of amides is 5. The molecular formula is C34H53N7O8. The molecule has 15 heteroatoms. The lowest BCUT2D eigenvalue weighted by Gasteiger charge is -2.24. The van der Waals surface area contributed by atoms with Crippen LogP contribution in [0.3, 0.4) is 0 Å². The number of unbranched alkanes of at least 4 members (excludes halogenated alkanes) is 3. The summed E-state index contributed by atoms with van der Waals surface area (Å²) < 4.78 is 5.34. The summed E-state index contributed by atoms with van der Waals surface area (Å²) >= 11 is 0. The van der Waals surface area contributed by atoms with Gasteiger partial charge in [-0.1, -0.05) is 18.6 Å². The zero-order chi connectivity index (χ0) is 36.4. The van der Waals surface area contributed by atoms with Crippen molar-refractivity contribution in [2.24, 2.45) is 16.9 Å². The van der Waals surface area contributed by atoms with E-state index in [-0.39, 0.29) is 56.2 Å². The molecular weight excluding hydrogens is 634 g/mol. The molecule has 0 saturated carbocycles. The summed E-state index contributed by atoms with van der Waals surface area (Å²) in [6.07, 6.45) is 5.16. The molecule has 0 fully saturated rings. The second kappa shape index (κ2) is 21.0. The van der Waals surface area contributed by atoms with Gasteiger partial charge in [-0.2, -0.15) is 0 Å². The Bertz CT molecular complexity index is 1280. The van der Waals surface area contributed by atoms with Crippen LogP contribution in [-0.4, -0.2) is 83.6 Å². The summed E-state index contributed by atoms with van der Waals surface area (Å²) in [4.78, 5) is 76.3. The average molecular weight is 688 g/mol. The third-order valence-corrected chi connectivity index (χ3v) is 7.64. The number of esters is 1. The number of aliphatic hydroxyl groups excluding tert-OH is 1. The Morgan fingerprint density at radius 2 is 1.49 bits per heavy atom. The number of carbonyl (C=O) groups excluding carboxylic acids is 6. The fourth-order valence-corrected chi connectivity index (χ4v) is 4.79. The highest BCUT2D eigenvalue weighted by Gasteiger charge is 2.27. The lowest BCUT2D eigenvalue weighted by Crippen LogP contribution is -2.52. The van der Waals surface area contributed by atoms with Crippen LogP contribution in [0.25, 0.3) is 0 Å². The molecule has 1 aromatic rings. The number of rotatable bonds is 22. The van der Waals surface area contributed by atoms with Gasteiger partial charge in [0, 0.05) is 30.8 Å². The fraction of sp³-hybridized carbons (Fsp3) is 0.588. The molecule has 1 unspecified atom stereocenters. The number of nitrogens with zero attached hydrogens (tertiary/aromatic N) is 1. The minimum absolute atomic E-state index is 0.0820. The van der Waals surface area contributed by atoms with Gasteiger partial charge in [-0.3, -0.25) is 44.7 Å². The molecule has 0 spiro atoms. The van der Waals surface area contributed by atoms with Crippen LogP contribution >= 0.6 is 0 Å². The van der Waals surface area contributed by atoms with Crippen molar-refractivity contribution >= 4 is 41.2 Å². The lowest BCUT2D eigenvalue weighted by molar-refractivity contribution is -0.154. The molecule has 15 nitrogen and oxygen atoms in total. The van der Waals surface area contributed by atoms with Crippen molar-refractivity contribution < 1.29 is 38.6 Å². The van der Waals surface area contributed by atoms with E-state index >= 15 is 0 Å². The topological polar surface area (TPSA) is 235 Å². The third-order valence-electron chi connectivity index (χ3n) is 7.64. The van der Waals surface area contributed by atoms with Crippen LogP contribution in [0.4, 0.5) is 5.69 Å². The van der Waals surface area contributed by atoms with Gasteiger partial charge < -0.3 is 31.5 Å². The predicted octanol–water partition coefficient (Wildman–Crippen LogP) is 0.903. The maximum absolute atomic E-state index is 13.5. The van der Waals surface area contributed by atoms with E-state index in [0.29, 0.717) is 57.2 Å². The molecule has 3 atom stereocenters. The second-order valence-corrected chi connectivity index (χ2v) is 13.0.